The molecule has 0 bridgehead atoms. The van der Waals surface area contributed by atoms with Crippen molar-refractivity contribution in [1.29, 1.82) is 0 Å². The Bertz CT molecular complexity index is 862. The maximum absolute atomic E-state index is 14.9. The number of halogens is 2. The molecule has 0 spiro atoms. The zero-order chi connectivity index (χ0) is 21.2. The molecule has 4 nitrogen and oxygen atoms in total. The molecule has 0 saturated carbocycles. The molecular formula is C21H25ClFNO3S. The Morgan fingerprint density at radius 2 is 1.86 bits per heavy atom. The Labute approximate surface area is 173 Å². The van der Waals surface area contributed by atoms with E-state index in [1.807, 2.05) is 32.0 Å². The van der Waals surface area contributed by atoms with Crippen molar-refractivity contribution in [3.05, 3.63) is 57.9 Å². The van der Waals surface area contributed by atoms with Crippen molar-refractivity contribution >= 4 is 28.9 Å². The van der Waals surface area contributed by atoms with Crippen LogP contribution in [0.5, 0.6) is 0 Å². The SMILES string of the molecule is Cc1cccc(C)c1-c1cc(Cl)c(F)c([C@H](CC(=O)O)N[S@+]([O-])C(C)(C)C)c1. The van der Waals surface area contributed by atoms with Crippen molar-refractivity contribution in [3.8, 4) is 11.1 Å². The van der Waals surface area contributed by atoms with Crippen LogP contribution in [0.3, 0.4) is 0 Å². The first-order valence-electron chi connectivity index (χ1n) is 8.87. The van der Waals surface area contributed by atoms with Crippen molar-refractivity contribution < 1.29 is 18.8 Å². The van der Waals surface area contributed by atoms with Gasteiger partial charge in [-0.05, 0) is 69.0 Å². The average molecular weight is 426 g/mol. The third kappa shape index (κ3) is 5.26. The van der Waals surface area contributed by atoms with Crippen LogP contribution in [0.15, 0.2) is 30.3 Å². The smallest absolute Gasteiger partial charge is 0.305 e. The highest BCUT2D eigenvalue weighted by molar-refractivity contribution is 7.90. The minimum atomic E-state index is -1.58. The molecule has 0 fully saturated rings. The third-order valence-electron chi connectivity index (χ3n) is 4.39. The Balaban J connectivity index is 2.60. The Morgan fingerprint density at radius 3 is 2.36 bits per heavy atom. The van der Waals surface area contributed by atoms with E-state index in [1.54, 1.807) is 26.8 Å². The van der Waals surface area contributed by atoms with E-state index in [0.717, 1.165) is 16.7 Å². The van der Waals surface area contributed by atoms with E-state index in [2.05, 4.69) is 4.72 Å². The molecular weight excluding hydrogens is 401 g/mol. The summed E-state index contributed by atoms with van der Waals surface area (Å²) in [6, 6.07) is 7.97. The van der Waals surface area contributed by atoms with Gasteiger partial charge in [-0.1, -0.05) is 29.8 Å². The molecule has 0 radical (unpaired) electrons. The zero-order valence-corrected chi connectivity index (χ0v) is 18.2. The lowest BCUT2D eigenvalue weighted by Crippen LogP contribution is -2.42. The van der Waals surface area contributed by atoms with Gasteiger partial charge in [-0.2, -0.15) is 0 Å². The predicted octanol–water partition coefficient (Wildman–Crippen LogP) is 5.33. The van der Waals surface area contributed by atoms with E-state index in [9.17, 15) is 18.8 Å². The van der Waals surface area contributed by atoms with Crippen LogP contribution in [0.1, 0.15) is 49.9 Å². The van der Waals surface area contributed by atoms with Crippen LogP contribution in [-0.2, 0) is 16.2 Å². The van der Waals surface area contributed by atoms with Gasteiger partial charge >= 0.3 is 5.97 Å². The van der Waals surface area contributed by atoms with Gasteiger partial charge < -0.3 is 9.66 Å². The van der Waals surface area contributed by atoms with E-state index in [4.69, 9.17) is 11.6 Å². The molecule has 0 aliphatic rings. The molecule has 0 unspecified atom stereocenters. The van der Waals surface area contributed by atoms with Crippen LogP contribution < -0.4 is 4.72 Å². The van der Waals surface area contributed by atoms with Crippen molar-refractivity contribution in [3.63, 3.8) is 0 Å². The molecule has 2 rings (SSSR count). The minimum Gasteiger partial charge on any atom is -0.598 e. The lowest BCUT2D eigenvalue weighted by Gasteiger charge is -2.28. The molecule has 0 amide bonds. The van der Waals surface area contributed by atoms with Crippen LogP contribution in [0.4, 0.5) is 4.39 Å². The number of carboxylic acid groups (broad SMARTS) is 1. The molecule has 0 saturated heterocycles. The summed E-state index contributed by atoms with van der Waals surface area (Å²) in [7, 11) is 0. The second-order valence-electron chi connectivity index (χ2n) is 7.78. The van der Waals surface area contributed by atoms with E-state index >= 15 is 0 Å². The fraction of sp³-hybridized carbons (Fsp3) is 0.381. The maximum Gasteiger partial charge on any atom is 0.305 e. The molecule has 2 aromatic carbocycles. The molecule has 0 heterocycles. The molecule has 0 aliphatic heterocycles. The first kappa shape index (κ1) is 22.7. The molecule has 2 atom stereocenters. The molecule has 2 N–H and O–H groups in total. The number of hydrogen-bond acceptors (Lipinski definition) is 3. The number of carbonyl (C=O) groups is 1. The molecule has 2 aromatic rings. The van der Waals surface area contributed by atoms with Crippen LogP contribution in [0.2, 0.25) is 5.02 Å². The number of nitrogens with one attached hydrogen (secondary N) is 1. The second-order valence-corrected chi connectivity index (χ2v) is 10.2. The number of carboxylic acids is 1. The van der Waals surface area contributed by atoms with E-state index in [0.29, 0.717) is 5.56 Å². The largest absolute Gasteiger partial charge is 0.598 e. The van der Waals surface area contributed by atoms with Gasteiger partial charge in [-0.15, -0.1) is 4.72 Å². The van der Waals surface area contributed by atoms with E-state index in [-0.39, 0.29) is 10.6 Å². The number of benzene rings is 2. The van der Waals surface area contributed by atoms with Crippen LogP contribution >= 0.6 is 11.6 Å². The Hall–Kier alpha value is -1.60. The maximum atomic E-state index is 14.9. The summed E-state index contributed by atoms with van der Waals surface area (Å²) in [6.45, 7) is 9.15. The lowest BCUT2D eigenvalue weighted by molar-refractivity contribution is -0.137. The van der Waals surface area contributed by atoms with E-state index < -0.39 is 40.4 Å². The Kier molecular flexibility index (Phi) is 7.15. The van der Waals surface area contributed by atoms with Crippen molar-refractivity contribution in [2.24, 2.45) is 0 Å². The normalized spacial score (nSPS) is 14.0. The fourth-order valence-corrected chi connectivity index (χ4v) is 4.02. The molecule has 28 heavy (non-hydrogen) atoms. The number of hydrogen-bond donors (Lipinski definition) is 2. The predicted molar refractivity (Wildman–Crippen MR) is 112 cm³/mol. The summed E-state index contributed by atoms with van der Waals surface area (Å²) in [5.74, 6) is -1.84. The number of aryl methyl sites for hydroxylation is 2. The topological polar surface area (TPSA) is 72.4 Å². The zero-order valence-electron chi connectivity index (χ0n) is 16.6. The fourth-order valence-electron chi connectivity index (χ4n) is 2.97. The highest BCUT2D eigenvalue weighted by Crippen LogP contribution is 2.35. The molecule has 0 aromatic heterocycles. The van der Waals surface area contributed by atoms with Gasteiger partial charge in [0, 0.05) is 16.9 Å². The van der Waals surface area contributed by atoms with Crippen LogP contribution in [-0.4, -0.2) is 20.4 Å². The molecule has 0 aliphatic carbocycles. The van der Waals surface area contributed by atoms with Crippen molar-refractivity contribution in [2.75, 3.05) is 0 Å². The first-order valence-corrected chi connectivity index (χ1v) is 10.4. The highest BCUT2D eigenvalue weighted by atomic mass is 35.5. The van der Waals surface area contributed by atoms with Gasteiger partial charge in [-0.25, -0.2) is 4.39 Å². The van der Waals surface area contributed by atoms with Gasteiger partial charge in [0.25, 0.3) is 0 Å². The summed E-state index contributed by atoms with van der Waals surface area (Å²) >= 11 is 4.57. The Morgan fingerprint density at radius 1 is 1.29 bits per heavy atom. The van der Waals surface area contributed by atoms with Crippen molar-refractivity contribution in [2.45, 2.75) is 51.8 Å². The van der Waals surface area contributed by atoms with Crippen LogP contribution in [0, 0.1) is 19.7 Å². The van der Waals surface area contributed by atoms with Gasteiger partial charge in [0.15, 0.2) is 0 Å². The number of aliphatic carboxylic acids is 1. The lowest BCUT2D eigenvalue weighted by atomic mass is 9.92. The molecule has 7 heteroatoms. The summed E-state index contributed by atoms with van der Waals surface area (Å²) < 4.78 is 29.6. The minimum absolute atomic E-state index is 0.0881. The van der Waals surface area contributed by atoms with Gasteiger partial charge in [0.1, 0.15) is 10.6 Å². The van der Waals surface area contributed by atoms with E-state index in [1.165, 1.54) is 6.07 Å². The monoisotopic (exact) mass is 425 g/mol. The quantitative estimate of drug-likeness (QED) is 0.613. The first-order chi connectivity index (χ1) is 12.9. The molecule has 152 valence electrons. The summed E-state index contributed by atoms with van der Waals surface area (Å²) in [4.78, 5) is 11.4. The number of rotatable bonds is 6. The summed E-state index contributed by atoms with van der Waals surface area (Å²) in [5, 5.41) is 9.20. The van der Waals surface area contributed by atoms with Gasteiger partial charge in [0.2, 0.25) is 0 Å². The van der Waals surface area contributed by atoms with Gasteiger partial charge in [0.05, 0.1) is 17.5 Å². The van der Waals surface area contributed by atoms with Gasteiger partial charge in [-0.3, -0.25) is 4.79 Å². The van der Waals surface area contributed by atoms with Crippen molar-refractivity contribution in [1.82, 2.24) is 4.72 Å². The standard InChI is InChI=1S/C21H25ClFNO3S/c1-12-7-6-8-13(2)19(12)14-9-15(20(23)16(22)10-14)17(11-18(25)26)24-28(27)21(3,4)5/h6-10,17,24H,11H2,1-5H3,(H,25,26)/t17-,28+/m0/s1. The second kappa shape index (κ2) is 8.82. The summed E-state index contributed by atoms with van der Waals surface area (Å²) in [6.07, 6.45) is -0.425. The average Bonchev–Trinajstić information content (AvgIpc) is 2.55. The van der Waals surface area contributed by atoms with Crippen LogP contribution in [0.25, 0.3) is 11.1 Å². The highest BCUT2D eigenvalue weighted by Gasteiger charge is 2.32. The summed E-state index contributed by atoms with van der Waals surface area (Å²) in [5.41, 5.74) is 3.68. The third-order valence-corrected chi connectivity index (χ3v) is 6.27.